The standard InChI is InChI=1S/C5H5N.ClH.Cr/c1-2-4-6-5-3-1;;/h1-5H;1H;. The van der Waals surface area contributed by atoms with Crippen LogP contribution in [0.2, 0.25) is 0 Å². The van der Waals surface area contributed by atoms with Crippen molar-refractivity contribution in [1.82, 2.24) is 0 Å². The van der Waals surface area contributed by atoms with Crippen LogP contribution in [0.3, 0.4) is 0 Å². The zero-order valence-corrected chi connectivity index (χ0v) is 6.20. The van der Waals surface area contributed by atoms with Gasteiger partial charge in [0.1, 0.15) is 0 Å². The summed E-state index contributed by atoms with van der Waals surface area (Å²) < 4.78 is 0. The minimum atomic E-state index is 0. The van der Waals surface area contributed by atoms with E-state index in [0.717, 1.165) is 0 Å². The van der Waals surface area contributed by atoms with E-state index in [1.807, 2.05) is 30.6 Å². The summed E-state index contributed by atoms with van der Waals surface area (Å²) in [6, 6.07) is 5.86. The summed E-state index contributed by atoms with van der Waals surface area (Å²) in [5.74, 6) is 0. The van der Waals surface area contributed by atoms with E-state index in [1.165, 1.54) is 0 Å². The quantitative estimate of drug-likeness (QED) is 0.406. The molecule has 0 aliphatic heterocycles. The van der Waals surface area contributed by atoms with Crippen LogP contribution in [0.5, 0.6) is 0 Å². The zero-order valence-electron chi connectivity index (χ0n) is 4.17. The van der Waals surface area contributed by atoms with Crippen molar-refractivity contribution in [2.75, 3.05) is 0 Å². The molecule has 44 valence electrons. The van der Waals surface area contributed by atoms with E-state index in [2.05, 4.69) is 4.98 Å². The molecule has 3 heteroatoms. The van der Waals surface area contributed by atoms with E-state index in [9.17, 15) is 0 Å². The van der Waals surface area contributed by atoms with Gasteiger partial charge in [-0.25, -0.2) is 4.98 Å². The SMILES string of the molecule is [Cl-].[Cr].c1cc[nH+]cc1. The van der Waals surface area contributed by atoms with Crippen molar-refractivity contribution in [2.24, 2.45) is 0 Å². The van der Waals surface area contributed by atoms with Gasteiger partial charge in [-0.2, -0.15) is 0 Å². The molecule has 0 fully saturated rings. The molecule has 0 bridgehead atoms. The first-order chi connectivity index (χ1) is 3.00. The monoisotopic (exact) mass is 167 g/mol. The normalized spacial score (nSPS) is 6.00. The molecule has 0 unspecified atom stereocenters. The Kier molecular flexibility index (Phi) is 9.47. The summed E-state index contributed by atoms with van der Waals surface area (Å²) in [5, 5.41) is 0. The van der Waals surface area contributed by atoms with Crippen LogP contribution in [0.15, 0.2) is 30.6 Å². The summed E-state index contributed by atoms with van der Waals surface area (Å²) in [6.07, 6.45) is 3.75. The first-order valence-corrected chi connectivity index (χ1v) is 1.91. The number of nitrogens with one attached hydrogen (secondary N) is 1. The second-order valence-electron chi connectivity index (χ2n) is 1.08. The molecule has 1 heterocycles. The summed E-state index contributed by atoms with van der Waals surface area (Å²) in [7, 11) is 0. The van der Waals surface area contributed by atoms with Gasteiger partial charge in [0, 0.05) is 29.5 Å². The second-order valence-corrected chi connectivity index (χ2v) is 1.08. The van der Waals surface area contributed by atoms with Gasteiger partial charge in [0.05, 0.1) is 0 Å². The van der Waals surface area contributed by atoms with Crippen molar-refractivity contribution in [3.8, 4) is 0 Å². The third kappa shape index (κ3) is 4.14. The molecule has 1 rings (SSSR count). The van der Waals surface area contributed by atoms with Crippen molar-refractivity contribution in [3.05, 3.63) is 30.6 Å². The van der Waals surface area contributed by atoms with Crippen LogP contribution in [0.4, 0.5) is 0 Å². The van der Waals surface area contributed by atoms with Crippen LogP contribution in [0.25, 0.3) is 0 Å². The second kappa shape index (κ2) is 6.97. The Labute approximate surface area is 65.7 Å². The molecule has 0 aliphatic carbocycles. The fourth-order valence-corrected chi connectivity index (χ4v) is 0.342. The van der Waals surface area contributed by atoms with Gasteiger partial charge in [-0.05, 0) is 0 Å². The number of halogens is 1. The Morgan fingerprint density at radius 3 is 1.50 bits per heavy atom. The molecule has 1 nitrogen and oxygen atoms in total. The van der Waals surface area contributed by atoms with Gasteiger partial charge in [0.25, 0.3) is 0 Å². The fourth-order valence-electron chi connectivity index (χ4n) is 0.342. The Hall–Kier alpha value is -0.0275. The minimum absolute atomic E-state index is 0. The number of hydrogen-bond acceptors (Lipinski definition) is 0. The molecule has 0 saturated carbocycles. The number of aromatic nitrogens is 1. The molecule has 0 amide bonds. The average Bonchev–Trinajstić information content (AvgIpc) is 1.72. The Bertz CT molecular complexity index is 84.4. The third-order valence-electron chi connectivity index (χ3n) is 0.607. The predicted octanol–water partition coefficient (Wildman–Crippen LogP) is -2.50. The average molecular weight is 168 g/mol. The molecule has 1 N–H and O–H groups in total. The molecule has 1 aromatic heterocycles. The smallest absolute Gasteiger partial charge is 0.166 e. The zero-order chi connectivity index (χ0) is 4.24. The van der Waals surface area contributed by atoms with Gasteiger partial charge in [-0.3, -0.25) is 0 Å². The van der Waals surface area contributed by atoms with E-state index in [-0.39, 0.29) is 29.8 Å². The number of H-pyrrole nitrogens is 1. The molecule has 1 aromatic rings. The minimum Gasteiger partial charge on any atom is -1.00 e. The number of pyridine rings is 1. The Morgan fingerprint density at radius 1 is 0.875 bits per heavy atom. The maximum atomic E-state index is 2.89. The van der Waals surface area contributed by atoms with Crippen molar-refractivity contribution in [1.29, 1.82) is 0 Å². The molecular weight excluding hydrogens is 162 g/mol. The van der Waals surface area contributed by atoms with Crippen LogP contribution in [0.1, 0.15) is 0 Å². The Balaban J connectivity index is 0. The van der Waals surface area contributed by atoms with Crippen LogP contribution < -0.4 is 17.4 Å². The van der Waals surface area contributed by atoms with Gasteiger partial charge in [0.2, 0.25) is 0 Å². The van der Waals surface area contributed by atoms with E-state index < -0.39 is 0 Å². The summed E-state index contributed by atoms with van der Waals surface area (Å²) in [5.41, 5.74) is 0. The maximum Gasteiger partial charge on any atom is 0.166 e. The van der Waals surface area contributed by atoms with E-state index in [1.54, 1.807) is 0 Å². The van der Waals surface area contributed by atoms with E-state index in [0.29, 0.717) is 0 Å². The molecular formula is C5H6ClCrN. The molecule has 0 aliphatic rings. The first kappa shape index (κ1) is 10.9. The fraction of sp³-hybridized carbons (Fsp3) is 0. The maximum absolute atomic E-state index is 2.89. The molecule has 0 saturated heterocycles. The number of hydrogen-bond donors (Lipinski definition) is 0. The first-order valence-electron chi connectivity index (χ1n) is 1.91. The summed E-state index contributed by atoms with van der Waals surface area (Å²) >= 11 is 0. The van der Waals surface area contributed by atoms with E-state index in [4.69, 9.17) is 0 Å². The predicted molar refractivity (Wildman–Crippen MR) is 23.0 cm³/mol. The number of aromatic amines is 1. The van der Waals surface area contributed by atoms with Gasteiger partial charge in [-0.15, -0.1) is 0 Å². The molecule has 0 atom stereocenters. The van der Waals surface area contributed by atoms with Crippen molar-refractivity contribution < 1.29 is 34.8 Å². The molecule has 0 radical (unpaired) electrons. The molecule has 8 heavy (non-hydrogen) atoms. The van der Waals surface area contributed by atoms with Crippen molar-refractivity contribution in [2.45, 2.75) is 0 Å². The topological polar surface area (TPSA) is 14.1 Å². The van der Waals surface area contributed by atoms with Crippen LogP contribution in [-0.2, 0) is 17.4 Å². The Morgan fingerprint density at radius 2 is 1.38 bits per heavy atom. The van der Waals surface area contributed by atoms with Gasteiger partial charge in [-0.1, -0.05) is 6.07 Å². The van der Waals surface area contributed by atoms with Crippen molar-refractivity contribution in [3.63, 3.8) is 0 Å². The van der Waals surface area contributed by atoms with Crippen LogP contribution >= 0.6 is 0 Å². The summed E-state index contributed by atoms with van der Waals surface area (Å²) in [4.78, 5) is 2.89. The molecule has 0 spiro atoms. The van der Waals surface area contributed by atoms with E-state index >= 15 is 0 Å². The summed E-state index contributed by atoms with van der Waals surface area (Å²) in [6.45, 7) is 0. The van der Waals surface area contributed by atoms with Crippen LogP contribution in [0, 0.1) is 0 Å². The molecule has 0 aromatic carbocycles. The van der Waals surface area contributed by atoms with Gasteiger partial charge >= 0.3 is 0 Å². The number of rotatable bonds is 0. The van der Waals surface area contributed by atoms with Crippen molar-refractivity contribution >= 4 is 0 Å². The van der Waals surface area contributed by atoms with Gasteiger partial charge < -0.3 is 12.4 Å². The third-order valence-corrected chi connectivity index (χ3v) is 0.607. The largest absolute Gasteiger partial charge is 1.00 e. The van der Waals surface area contributed by atoms with Gasteiger partial charge in [0.15, 0.2) is 12.4 Å². The van der Waals surface area contributed by atoms with Crippen LogP contribution in [-0.4, -0.2) is 0 Å².